The van der Waals surface area contributed by atoms with Crippen LogP contribution in [0.4, 0.5) is 5.69 Å². The molecule has 0 aliphatic carbocycles. The van der Waals surface area contributed by atoms with Gasteiger partial charge in [-0.3, -0.25) is 9.48 Å². The lowest BCUT2D eigenvalue weighted by molar-refractivity contribution is -0.115. The molecule has 1 aromatic heterocycles. The lowest BCUT2D eigenvalue weighted by Gasteiger charge is -2.04. The first-order valence-corrected chi connectivity index (χ1v) is 6.33. The minimum absolute atomic E-state index is 0.0565. The normalized spacial score (nSPS) is 13.5. The van der Waals surface area contributed by atoms with E-state index in [0.29, 0.717) is 13.0 Å². The van der Waals surface area contributed by atoms with Crippen LogP contribution >= 0.6 is 0 Å². The highest BCUT2D eigenvalue weighted by molar-refractivity contribution is 5.99. The minimum atomic E-state index is 0.0565. The lowest BCUT2D eigenvalue weighted by atomic mass is 10.1. The average molecular weight is 256 g/mol. The van der Waals surface area contributed by atoms with Gasteiger partial charge in [-0.25, -0.2) is 0 Å². The van der Waals surface area contributed by atoms with Gasteiger partial charge in [0, 0.05) is 24.7 Å². The Kier molecular flexibility index (Phi) is 2.83. The number of carbonyl (C=O) groups is 1. The monoisotopic (exact) mass is 256 g/mol. The third kappa shape index (κ3) is 2.13. The number of aryl methyl sites for hydroxylation is 1. The van der Waals surface area contributed by atoms with Crippen LogP contribution in [-0.4, -0.2) is 22.2 Å². The second-order valence-electron chi connectivity index (χ2n) is 4.78. The molecule has 0 spiro atoms. The molecule has 5 nitrogen and oxygen atoms in total. The summed E-state index contributed by atoms with van der Waals surface area (Å²) in [7, 11) is 1.92. The van der Waals surface area contributed by atoms with Crippen molar-refractivity contribution in [3.63, 3.8) is 0 Å². The zero-order valence-electron chi connectivity index (χ0n) is 10.8. The van der Waals surface area contributed by atoms with Gasteiger partial charge in [-0.2, -0.15) is 5.10 Å². The predicted octanol–water partition coefficient (Wildman–Crippen LogP) is 1.08. The Bertz CT molecular complexity index is 645. The van der Waals surface area contributed by atoms with E-state index in [1.165, 1.54) is 0 Å². The van der Waals surface area contributed by atoms with E-state index < -0.39 is 0 Å². The van der Waals surface area contributed by atoms with E-state index >= 15 is 0 Å². The maximum absolute atomic E-state index is 11.4. The van der Waals surface area contributed by atoms with Crippen LogP contribution in [0.25, 0.3) is 11.3 Å². The molecule has 0 unspecified atom stereocenters. The molecule has 1 aliphatic rings. The molecule has 98 valence electrons. The van der Waals surface area contributed by atoms with Crippen molar-refractivity contribution in [2.75, 3.05) is 11.9 Å². The van der Waals surface area contributed by atoms with Gasteiger partial charge in [0.15, 0.2) is 0 Å². The second-order valence-corrected chi connectivity index (χ2v) is 4.78. The SMILES string of the molecule is Cn1nc(CCN)cc1-c1ccc2c(c1)CC(=O)N2. The Morgan fingerprint density at radius 1 is 1.42 bits per heavy atom. The van der Waals surface area contributed by atoms with E-state index in [2.05, 4.69) is 22.5 Å². The van der Waals surface area contributed by atoms with Gasteiger partial charge in [-0.1, -0.05) is 6.07 Å². The van der Waals surface area contributed by atoms with E-state index in [0.717, 1.165) is 34.6 Å². The molecule has 2 aromatic rings. The number of rotatable bonds is 3. The Labute approximate surface area is 111 Å². The molecule has 3 rings (SSSR count). The standard InChI is InChI=1S/C14H16N4O/c1-18-13(8-11(17-18)4-5-15)9-2-3-12-10(6-9)7-14(19)16-12/h2-3,6,8H,4-5,7,15H2,1H3,(H,16,19). The Morgan fingerprint density at radius 2 is 2.26 bits per heavy atom. The van der Waals surface area contributed by atoms with Crippen molar-refractivity contribution < 1.29 is 4.79 Å². The van der Waals surface area contributed by atoms with E-state index in [9.17, 15) is 4.79 Å². The van der Waals surface area contributed by atoms with Crippen molar-refractivity contribution in [2.45, 2.75) is 12.8 Å². The van der Waals surface area contributed by atoms with Crippen molar-refractivity contribution in [1.29, 1.82) is 0 Å². The highest BCUT2D eigenvalue weighted by Crippen LogP contribution is 2.29. The van der Waals surface area contributed by atoms with Gasteiger partial charge < -0.3 is 11.1 Å². The molecule has 1 aromatic carbocycles. The van der Waals surface area contributed by atoms with Crippen LogP contribution in [-0.2, 0) is 24.7 Å². The van der Waals surface area contributed by atoms with Gasteiger partial charge in [0.2, 0.25) is 5.91 Å². The van der Waals surface area contributed by atoms with E-state index in [1.54, 1.807) is 0 Å². The average Bonchev–Trinajstić information content (AvgIpc) is 2.90. The maximum Gasteiger partial charge on any atom is 0.228 e. The number of carbonyl (C=O) groups excluding carboxylic acids is 1. The number of nitrogens with two attached hydrogens (primary N) is 1. The number of benzene rings is 1. The highest BCUT2D eigenvalue weighted by Gasteiger charge is 2.18. The van der Waals surface area contributed by atoms with Crippen LogP contribution in [0.5, 0.6) is 0 Å². The number of hydrogen-bond donors (Lipinski definition) is 2. The van der Waals surface area contributed by atoms with Crippen molar-refractivity contribution in [3.8, 4) is 11.3 Å². The molecular formula is C14H16N4O. The molecule has 1 aliphatic heterocycles. The summed E-state index contributed by atoms with van der Waals surface area (Å²) >= 11 is 0. The Balaban J connectivity index is 1.99. The van der Waals surface area contributed by atoms with Crippen LogP contribution in [0.3, 0.4) is 0 Å². The Morgan fingerprint density at radius 3 is 3.05 bits per heavy atom. The van der Waals surface area contributed by atoms with Gasteiger partial charge in [-0.15, -0.1) is 0 Å². The first-order chi connectivity index (χ1) is 9.17. The topological polar surface area (TPSA) is 72.9 Å². The molecule has 0 bridgehead atoms. The number of nitrogens with one attached hydrogen (secondary N) is 1. The van der Waals surface area contributed by atoms with Gasteiger partial charge >= 0.3 is 0 Å². The number of aromatic nitrogens is 2. The molecule has 1 amide bonds. The van der Waals surface area contributed by atoms with Crippen molar-refractivity contribution >= 4 is 11.6 Å². The lowest BCUT2D eigenvalue weighted by Crippen LogP contribution is -2.03. The van der Waals surface area contributed by atoms with Crippen molar-refractivity contribution in [1.82, 2.24) is 9.78 Å². The van der Waals surface area contributed by atoms with Crippen molar-refractivity contribution in [3.05, 3.63) is 35.5 Å². The smallest absolute Gasteiger partial charge is 0.228 e. The van der Waals surface area contributed by atoms with E-state index in [-0.39, 0.29) is 5.91 Å². The van der Waals surface area contributed by atoms with Gasteiger partial charge in [-0.05, 0) is 30.3 Å². The summed E-state index contributed by atoms with van der Waals surface area (Å²) in [6, 6.07) is 8.06. The summed E-state index contributed by atoms with van der Waals surface area (Å²) in [5.41, 5.74) is 10.6. The summed E-state index contributed by atoms with van der Waals surface area (Å²) in [5, 5.41) is 7.28. The van der Waals surface area contributed by atoms with Gasteiger partial charge in [0.25, 0.3) is 0 Å². The zero-order chi connectivity index (χ0) is 13.4. The number of fused-ring (bicyclic) bond motifs is 1. The fourth-order valence-corrected chi connectivity index (χ4v) is 2.46. The van der Waals surface area contributed by atoms with Crippen LogP contribution in [0, 0.1) is 0 Å². The Hall–Kier alpha value is -2.14. The van der Waals surface area contributed by atoms with Crippen LogP contribution in [0.15, 0.2) is 24.3 Å². The molecule has 0 radical (unpaired) electrons. The molecule has 2 heterocycles. The van der Waals surface area contributed by atoms with Gasteiger partial charge in [0.05, 0.1) is 17.8 Å². The third-order valence-electron chi connectivity index (χ3n) is 3.36. The van der Waals surface area contributed by atoms with Crippen molar-refractivity contribution in [2.24, 2.45) is 12.8 Å². The summed E-state index contributed by atoms with van der Waals surface area (Å²) in [6.07, 6.45) is 1.23. The fraction of sp³-hybridized carbons (Fsp3) is 0.286. The maximum atomic E-state index is 11.4. The first-order valence-electron chi connectivity index (χ1n) is 6.33. The van der Waals surface area contributed by atoms with Crippen LogP contribution in [0.1, 0.15) is 11.3 Å². The quantitative estimate of drug-likeness (QED) is 0.863. The summed E-state index contributed by atoms with van der Waals surface area (Å²) in [4.78, 5) is 11.4. The molecule has 0 atom stereocenters. The molecule has 5 heteroatoms. The fourth-order valence-electron chi connectivity index (χ4n) is 2.46. The second kappa shape index (κ2) is 4.51. The number of hydrogen-bond acceptors (Lipinski definition) is 3. The molecule has 0 saturated heterocycles. The van der Waals surface area contributed by atoms with E-state index in [4.69, 9.17) is 5.73 Å². The zero-order valence-corrected chi connectivity index (χ0v) is 10.8. The number of nitrogens with zero attached hydrogens (tertiary/aromatic N) is 2. The molecule has 3 N–H and O–H groups in total. The molecule has 0 saturated carbocycles. The van der Waals surface area contributed by atoms with Crippen LogP contribution in [0.2, 0.25) is 0 Å². The van der Waals surface area contributed by atoms with Crippen LogP contribution < -0.4 is 11.1 Å². The molecular weight excluding hydrogens is 240 g/mol. The largest absolute Gasteiger partial charge is 0.330 e. The number of anilines is 1. The first kappa shape index (κ1) is 11.9. The third-order valence-corrected chi connectivity index (χ3v) is 3.36. The van der Waals surface area contributed by atoms with Gasteiger partial charge in [0.1, 0.15) is 0 Å². The predicted molar refractivity (Wildman–Crippen MR) is 73.7 cm³/mol. The molecule has 19 heavy (non-hydrogen) atoms. The minimum Gasteiger partial charge on any atom is -0.330 e. The summed E-state index contributed by atoms with van der Waals surface area (Å²) in [5.74, 6) is 0.0565. The van der Waals surface area contributed by atoms with E-state index in [1.807, 2.05) is 23.9 Å². The highest BCUT2D eigenvalue weighted by atomic mass is 16.1. The summed E-state index contributed by atoms with van der Waals surface area (Å²) in [6.45, 7) is 0.596. The summed E-state index contributed by atoms with van der Waals surface area (Å²) < 4.78 is 1.86. The molecule has 0 fully saturated rings. The number of amides is 1.